The zero-order valence-electron chi connectivity index (χ0n) is 10.2. The molecule has 1 aliphatic heterocycles. The highest BCUT2D eigenvalue weighted by atomic mass is 16.5. The Morgan fingerprint density at radius 3 is 3.00 bits per heavy atom. The van der Waals surface area contributed by atoms with Crippen molar-refractivity contribution in [3.05, 3.63) is 53.9 Å². The average Bonchev–Trinajstić information content (AvgIpc) is 2.86. The molecule has 1 N–H and O–H groups in total. The van der Waals surface area contributed by atoms with Gasteiger partial charge in [0.05, 0.1) is 25.8 Å². The van der Waals surface area contributed by atoms with E-state index in [0.717, 1.165) is 13.1 Å². The van der Waals surface area contributed by atoms with E-state index in [0.29, 0.717) is 19.3 Å². The Morgan fingerprint density at radius 1 is 1.28 bits per heavy atom. The Morgan fingerprint density at radius 2 is 2.17 bits per heavy atom. The smallest absolute Gasteiger partial charge is 0.0720 e. The van der Waals surface area contributed by atoms with Crippen LogP contribution in [0.1, 0.15) is 11.1 Å². The van der Waals surface area contributed by atoms with Crippen molar-refractivity contribution < 1.29 is 4.74 Å². The van der Waals surface area contributed by atoms with Gasteiger partial charge in [0, 0.05) is 18.9 Å². The largest absolute Gasteiger partial charge is 0.375 e. The van der Waals surface area contributed by atoms with Crippen LogP contribution in [0.4, 0.5) is 0 Å². The van der Waals surface area contributed by atoms with E-state index in [4.69, 9.17) is 4.74 Å². The van der Waals surface area contributed by atoms with Crippen LogP contribution in [0.15, 0.2) is 42.7 Å². The fourth-order valence-corrected chi connectivity index (χ4v) is 2.25. The maximum absolute atomic E-state index is 5.76. The van der Waals surface area contributed by atoms with E-state index in [2.05, 4.69) is 34.7 Å². The van der Waals surface area contributed by atoms with Crippen LogP contribution in [0, 0.1) is 0 Å². The lowest BCUT2D eigenvalue weighted by Gasteiger charge is -2.23. The predicted octanol–water partition coefficient (Wildman–Crippen LogP) is 1.57. The Hall–Kier alpha value is -1.65. The fourth-order valence-electron chi connectivity index (χ4n) is 2.25. The van der Waals surface area contributed by atoms with Crippen molar-refractivity contribution in [3.8, 4) is 0 Å². The van der Waals surface area contributed by atoms with Crippen molar-refractivity contribution in [2.45, 2.75) is 25.7 Å². The number of fused-ring (bicyclic) bond motifs is 1. The second-order valence-corrected chi connectivity index (χ2v) is 4.59. The minimum absolute atomic E-state index is 0.304. The molecule has 3 rings (SSSR count). The first-order valence-electron chi connectivity index (χ1n) is 6.27. The maximum atomic E-state index is 5.76. The summed E-state index contributed by atoms with van der Waals surface area (Å²) < 4.78 is 7.70. The number of aromatic nitrogens is 2. The van der Waals surface area contributed by atoms with E-state index >= 15 is 0 Å². The lowest BCUT2D eigenvalue weighted by molar-refractivity contribution is 0.0868. The molecule has 0 saturated heterocycles. The molecule has 4 nitrogen and oxygen atoms in total. The first kappa shape index (κ1) is 11.4. The normalized spacial score (nSPS) is 19.9. The van der Waals surface area contributed by atoms with Crippen LogP contribution < -0.4 is 5.32 Å². The van der Waals surface area contributed by atoms with Crippen molar-refractivity contribution >= 4 is 0 Å². The highest BCUT2D eigenvalue weighted by Gasteiger charge is 2.14. The molecular formula is C14H17N3O. The SMILES string of the molecule is c1ccc2c(c1)CN[C@H](Cn1cccn1)COC2. The molecule has 0 fully saturated rings. The number of hydrogen-bond acceptors (Lipinski definition) is 3. The van der Waals surface area contributed by atoms with Gasteiger partial charge in [0.2, 0.25) is 0 Å². The second-order valence-electron chi connectivity index (χ2n) is 4.59. The molecule has 0 saturated carbocycles. The van der Waals surface area contributed by atoms with Crippen molar-refractivity contribution in [2.75, 3.05) is 6.61 Å². The van der Waals surface area contributed by atoms with Gasteiger partial charge >= 0.3 is 0 Å². The highest BCUT2D eigenvalue weighted by Crippen LogP contribution is 2.13. The van der Waals surface area contributed by atoms with Crippen LogP contribution in [-0.2, 0) is 24.4 Å². The third-order valence-corrected chi connectivity index (χ3v) is 3.24. The minimum atomic E-state index is 0.304. The van der Waals surface area contributed by atoms with E-state index in [-0.39, 0.29) is 0 Å². The second kappa shape index (κ2) is 5.33. The molecule has 0 unspecified atom stereocenters. The molecular weight excluding hydrogens is 226 g/mol. The summed E-state index contributed by atoms with van der Waals surface area (Å²) in [6, 6.07) is 10.7. The van der Waals surface area contributed by atoms with Gasteiger partial charge in [-0.3, -0.25) is 4.68 Å². The van der Waals surface area contributed by atoms with Crippen molar-refractivity contribution in [1.82, 2.24) is 15.1 Å². The Kier molecular flexibility index (Phi) is 3.39. The van der Waals surface area contributed by atoms with E-state index in [1.807, 2.05) is 16.9 Å². The van der Waals surface area contributed by atoms with Gasteiger partial charge in [-0.25, -0.2) is 0 Å². The summed E-state index contributed by atoms with van der Waals surface area (Å²) in [6.07, 6.45) is 3.79. The average molecular weight is 243 g/mol. The molecule has 1 aromatic carbocycles. The predicted molar refractivity (Wildman–Crippen MR) is 69.0 cm³/mol. The molecule has 2 heterocycles. The summed E-state index contributed by atoms with van der Waals surface area (Å²) in [6.45, 7) is 3.16. The summed E-state index contributed by atoms with van der Waals surface area (Å²) in [4.78, 5) is 0. The Bertz CT molecular complexity index is 496. The van der Waals surface area contributed by atoms with Gasteiger partial charge in [-0.2, -0.15) is 5.10 Å². The number of ether oxygens (including phenoxy) is 1. The molecule has 1 aliphatic rings. The third kappa shape index (κ3) is 2.60. The van der Waals surface area contributed by atoms with E-state index in [9.17, 15) is 0 Å². The zero-order valence-corrected chi connectivity index (χ0v) is 10.2. The van der Waals surface area contributed by atoms with Gasteiger partial charge in [0.1, 0.15) is 0 Å². The number of hydrogen-bond donors (Lipinski definition) is 1. The van der Waals surface area contributed by atoms with Crippen LogP contribution in [0.25, 0.3) is 0 Å². The summed E-state index contributed by atoms with van der Waals surface area (Å²) in [7, 11) is 0. The van der Waals surface area contributed by atoms with Gasteiger partial charge in [-0.1, -0.05) is 24.3 Å². The van der Waals surface area contributed by atoms with Crippen LogP contribution in [-0.4, -0.2) is 22.4 Å². The summed E-state index contributed by atoms with van der Waals surface area (Å²) in [5.74, 6) is 0. The molecule has 4 heteroatoms. The summed E-state index contributed by atoms with van der Waals surface area (Å²) in [5.41, 5.74) is 2.60. The Balaban J connectivity index is 1.68. The standard InChI is InChI=1S/C14H17N3O/c1-2-5-13-10-18-11-14(15-8-12(13)4-1)9-17-7-3-6-16-17/h1-7,14-15H,8-11H2/t14-/m1/s1. The third-order valence-electron chi connectivity index (χ3n) is 3.24. The summed E-state index contributed by atoms with van der Waals surface area (Å²) >= 11 is 0. The van der Waals surface area contributed by atoms with Crippen LogP contribution >= 0.6 is 0 Å². The van der Waals surface area contributed by atoms with Gasteiger partial charge in [0.25, 0.3) is 0 Å². The monoisotopic (exact) mass is 243 g/mol. The van der Waals surface area contributed by atoms with Gasteiger partial charge in [0.15, 0.2) is 0 Å². The van der Waals surface area contributed by atoms with Crippen LogP contribution in [0.3, 0.4) is 0 Å². The molecule has 0 radical (unpaired) electrons. The first-order valence-corrected chi connectivity index (χ1v) is 6.27. The van der Waals surface area contributed by atoms with Gasteiger partial charge in [-0.15, -0.1) is 0 Å². The molecule has 2 aromatic rings. The number of rotatable bonds is 2. The molecule has 1 aromatic heterocycles. The van der Waals surface area contributed by atoms with E-state index < -0.39 is 0 Å². The van der Waals surface area contributed by atoms with Crippen molar-refractivity contribution in [1.29, 1.82) is 0 Å². The van der Waals surface area contributed by atoms with Crippen LogP contribution in [0.5, 0.6) is 0 Å². The molecule has 94 valence electrons. The van der Waals surface area contributed by atoms with Crippen molar-refractivity contribution in [2.24, 2.45) is 0 Å². The lowest BCUT2D eigenvalue weighted by atomic mass is 10.1. The quantitative estimate of drug-likeness (QED) is 0.870. The molecule has 1 atom stereocenters. The molecule has 0 aliphatic carbocycles. The Labute approximate surface area is 107 Å². The number of nitrogens with one attached hydrogen (secondary N) is 1. The lowest BCUT2D eigenvalue weighted by Crippen LogP contribution is -2.38. The summed E-state index contributed by atoms with van der Waals surface area (Å²) in [5, 5.41) is 7.76. The fraction of sp³-hybridized carbons (Fsp3) is 0.357. The van der Waals surface area contributed by atoms with E-state index in [1.165, 1.54) is 11.1 Å². The number of benzene rings is 1. The zero-order chi connectivity index (χ0) is 12.2. The van der Waals surface area contributed by atoms with E-state index in [1.54, 1.807) is 6.20 Å². The minimum Gasteiger partial charge on any atom is -0.375 e. The van der Waals surface area contributed by atoms with Gasteiger partial charge in [-0.05, 0) is 17.2 Å². The first-order chi connectivity index (χ1) is 8.92. The van der Waals surface area contributed by atoms with Gasteiger partial charge < -0.3 is 10.1 Å². The van der Waals surface area contributed by atoms with Crippen molar-refractivity contribution in [3.63, 3.8) is 0 Å². The maximum Gasteiger partial charge on any atom is 0.0720 e. The highest BCUT2D eigenvalue weighted by molar-refractivity contribution is 5.26. The molecule has 0 spiro atoms. The van der Waals surface area contributed by atoms with Crippen LogP contribution in [0.2, 0.25) is 0 Å². The molecule has 0 amide bonds. The molecule has 0 bridgehead atoms. The topological polar surface area (TPSA) is 39.1 Å². The number of nitrogens with zero attached hydrogens (tertiary/aromatic N) is 2. The molecule has 18 heavy (non-hydrogen) atoms.